The van der Waals surface area contributed by atoms with E-state index in [1.54, 1.807) is 6.08 Å². The highest BCUT2D eigenvalue weighted by atomic mass is 16.4. The number of rotatable bonds is 3. The minimum absolute atomic E-state index is 0.0136. The summed E-state index contributed by atoms with van der Waals surface area (Å²) in [6, 6.07) is -0.0527. The molecule has 1 unspecified atom stereocenters. The molecule has 0 spiro atoms. The molecule has 1 amide bonds. The lowest BCUT2D eigenvalue weighted by Crippen LogP contribution is -2.33. The van der Waals surface area contributed by atoms with Crippen molar-refractivity contribution >= 4 is 6.09 Å². The number of hydrogen-bond acceptors (Lipinski definition) is 2. The van der Waals surface area contributed by atoms with Gasteiger partial charge in [-0.1, -0.05) is 32.9 Å². The molecule has 4 nitrogen and oxygen atoms in total. The Morgan fingerprint density at radius 2 is 2.15 bits per heavy atom. The van der Waals surface area contributed by atoms with Crippen LogP contribution in [0.2, 0.25) is 0 Å². The molecule has 0 heterocycles. The van der Waals surface area contributed by atoms with Gasteiger partial charge in [-0.2, -0.15) is 0 Å². The summed E-state index contributed by atoms with van der Waals surface area (Å²) in [6.45, 7) is 6.41. The van der Waals surface area contributed by atoms with E-state index in [4.69, 9.17) is 10.8 Å². The molecule has 0 saturated carbocycles. The van der Waals surface area contributed by atoms with E-state index in [-0.39, 0.29) is 11.5 Å². The number of carbonyl (C=O) groups is 1. The largest absolute Gasteiger partial charge is 0.465 e. The molecule has 0 aliphatic carbocycles. The number of nitrogens with two attached hydrogens (primary N) is 1. The molecule has 0 aromatic heterocycles. The van der Waals surface area contributed by atoms with Gasteiger partial charge in [0.05, 0.1) is 0 Å². The zero-order chi connectivity index (χ0) is 10.5. The fourth-order valence-corrected chi connectivity index (χ4v) is 0.650. The van der Waals surface area contributed by atoms with Crippen molar-refractivity contribution < 1.29 is 9.90 Å². The van der Waals surface area contributed by atoms with Crippen molar-refractivity contribution in [2.24, 2.45) is 11.1 Å². The molecule has 0 rings (SSSR count). The third kappa shape index (κ3) is 6.16. The van der Waals surface area contributed by atoms with Crippen LogP contribution in [0.25, 0.3) is 0 Å². The van der Waals surface area contributed by atoms with E-state index < -0.39 is 6.09 Å². The summed E-state index contributed by atoms with van der Waals surface area (Å²) >= 11 is 0. The van der Waals surface area contributed by atoms with Crippen molar-refractivity contribution in [1.29, 1.82) is 0 Å². The van der Waals surface area contributed by atoms with Crippen molar-refractivity contribution in [2.45, 2.75) is 26.8 Å². The molecule has 0 aliphatic heterocycles. The molecule has 13 heavy (non-hydrogen) atoms. The second kappa shape index (κ2) is 4.87. The summed E-state index contributed by atoms with van der Waals surface area (Å²) in [7, 11) is 0. The average Bonchev–Trinajstić information content (AvgIpc) is 1.95. The Bertz CT molecular complexity index is 194. The Labute approximate surface area is 78.8 Å². The molecule has 4 heteroatoms. The molecular weight excluding hydrogens is 168 g/mol. The van der Waals surface area contributed by atoms with Gasteiger partial charge in [0.2, 0.25) is 0 Å². The van der Waals surface area contributed by atoms with Gasteiger partial charge in [-0.15, -0.1) is 0 Å². The Kier molecular flexibility index (Phi) is 4.48. The van der Waals surface area contributed by atoms with E-state index >= 15 is 0 Å². The third-order valence-electron chi connectivity index (χ3n) is 1.71. The first-order chi connectivity index (χ1) is 5.84. The third-order valence-corrected chi connectivity index (χ3v) is 1.71. The van der Waals surface area contributed by atoms with E-state index in [2.05, 4.69) is 5.32 Å². The van der Waals surface area contributed by atoms with Gasteiger partial charge in [-0.05, 0) is 5.41 Å². The van der Waals surface area contributed by atoms with Crippen molar-refractivity contribution in [3.05, 3.63) is 12.2 Å². The van der Waals surface area contributed by atoms with Crippen LogP contribution in [0.5, 0.6) is 0 Å². The average molecular weight is 186 g/mol. The van der Waals surface area contributed by atoms with Crippen molar-refractivity contribution in [3.63, 3.8) is 0 Å². The molecule has 76 valence electrons. The van der Waals surface area contributed by atoms with Crippen molar-refractivity contribution in [3.8, 4) is 0 Å². The smallest absolute Gasteiger partial charge is 0.404 e. The number of amides is 1. The minimum Gasteiger partial charge on any atom is -0.465 e. The maximum atomic E-state index is 10.1. The lowest BCUT2D eigenvalue weighted by molar-refractivity contribution is 0.195. The lowest BCUT2D eigenvalue weighted by Gasteiger charge is -2.23. The number of carboxylic acid groups (broad SMARTS) is 1. The normalized spacial score (nSPS) is 14.5. The summed E-state index contributed by atoms with van der Waals surface area (Å²) in [6.07, 6.45) is 2.52. The molecule has 0 saturated heterocycles. The summed E-state index contributed by atoms with van der Waals surface area (Å²) in [5.41, 5.74) is 5.82. The highest BCUT2D eigenvalue weighted by molar-refractivity contribution is 5.64. The fraction of sp³-hybridized carbons (Fsp3) is 0.667. The first kappa shape index (κ1) is 12.0. The van der Waals surface area contributed by atoms with Gasteiger partial charge >= 0.3 is 6.09 Å². The number of hydrogen-bond donors (Lipinski definition) is 3. The lowest BCUT2D eigenvalue weighted by atomic mass is 9.87. The zero-order valence-electron chi connectivity index (χ0n) is 8.37. The van der Waals surface area contributed by atoms with Crippen LogP contribution in [-0.2, 0) is 0 Å². The fourth-order valence-electron chi connectivity index (χ4n) is 0.650. The summed E-state index contributed by atoms with van der Waals surface area (Å²) in [5.74, 6) is 0. The Morgan fingerprint density at radius 1 is 1.62 bits per heavy atom. The van der Waals surface area contributed by atoms with Crippen molar-refractivity contribution in [2.75, 3.05) is 6.54 Å². The van der Waals surface area contributed by atoms with Crippen LogP contribution >= 0.6 is 0 Å². The van der Waals surface area contributed by atoms with E-state index in [1.807, 2.05) is 26.8 Å². The molecule has 0 aromatic rings. The second-order valence-electron chi connectivity index (χ2n) is 4.01. The minimum atomic E-state index is -1.02. The molecule has 0 aliphatic rings. The van der Waals surface area contributed by atoms with E-state index in [9.17, 15) is 4.79 Å². The quantitative estimate of drug-likeness (QED) is 0.579. The van der Waals surface area contributed by atoms with Gasteiger partial charge in [0, 0.05) is 12.6 Å². The van der Waals surface area contributed by atoms with Crippen LogP contribution < -0.4 is 11.1 Å². The molecule has 4 N–H and O–H groups in total. The van der Waals surface area contributed by atoms with E-state index in [1.165, 1.54) is 0 Å². The standard InChI is InChI=1S/C9H18N2O2/c1-9(2,3)7(10)5-4-6-11-8(12)13/h4-5,7,11H,6,10H2,1-3H3,(H,12,13)/b5-4+. The first-order valence-corrected chi connectivity index (χ1v) is 4.23. The highest BCUT2D eigenvalue weighted by Crippen LogP contribution is 2.17. The topological polar surface area (TPSA) is 75.3 Å². The van der Waals surface area contributed by atoms with Crippen LogP contribution in [0.4, 0.5) is 4.79 Å². The van der Waals surface area contributed by atoms with Crippen molar-refractivity contribution in [1.82, 2.24) is 5.32 Å². The van der Waals surface area contributed by atoms with Crippen LogP contribution in [0.1, 0.15) is 20.8 Å². The Hall–Kier alpha value is -1.03. The molecular formula is C9H18N2O2. The molecule has 0 aromatic carbocycles. The second-order valence-corrected chi connectivity index (χ2v) is 4.01. The maximum Gasteiger partial charge on any atom is 0.404 e. The predicted molar refractivity (Wildman–Crippen MR) is 52.6 cm³/mol. The maximum absolute atomic E-state index is 10.1. The molecule has 0 fully saturated rings. The van der Waals surface area contributed by atoms with Crippen LogP contribution in [-0.4, -0.2) is 23.8 Å². The van der Waals surface area contributed by atoms with E-state index in [0.717, 1.165) is 0 Å². The predicted octanol–water partition coefficient (Wildman–Crippen LogP) is 1.18. The van der Waals surface area contributed by atoms with Crippen LogP contribution in [0.3, 0.4) is 0 Å². The number of nitrogens with one attached hydrogen (secondary N) is 1. The van der Waals surface area contributed by atoms with Gasteiger partial charge in [-0.3, -0.25) is 0 Å². The van der Waals surface area contributed by atoms with Gasteiger partial charge in [0.25, 0.3) is 0 Å². The van der Waals surface area contributed by atoms with Gasteiger partial charge in [-0.25, -0.2) is 4.79 Å². The Morgan fingerprint density at radius 3 is 2.54 bits per heavy atom. The van der Waals surface area contributed by atoms with Gasteiger partial charge in [0.15, 0.2) is 0 Å². The summed E-state index contributed by atoms with van der Waals surface area (Å²) < 4.78 is 0. The van der Waals surface area contributed by atoms with Crippen LogP contribution in [0, 0.1) is 5.41 Å². The van der Waals surface area contributed by atoms with E-state index in [0.29, 0.717) is 6.54 Å². The summed E-state index contributed by atoms with van der Waals surface area (Å²) in [4.78, 5) is 10.1. The zero-order valence-corrected chi connectivity index (χ0v) is 8.37. The molecule has 0 radical (unpaired) electrons. The van der Waals surface area contributed by atoms with Gasteiger partial charge < -0.3 is 16.2 Å². The molecule has 0 bridgehead atoms. The SMILES string of the molecule is CC(C)(C)C(N)/C=C/CNC(=O)O. The first-order valence-electron chi connectivity index (χ1n) is 4.23. The highest BCUT2D eigenvalue weighted by Gasteiger charge is 2.17. The Balaban J connectivity index is 3.79. The van der Waals surface area contributed by atoms with Gasteiger partial charge in [0.1, 0.15) is 0 Å². The molecule has 1 atom stereocenters. The summed E-state index contributed by atoms with van der Waals surface area (Å²) in [5, 5.41) is 10.5. The van der Waals surface area contributed by atoms with Crippen LogP contribution in [0.15, 0.2) is 12.2 Å². The monoisotopic (exact) mass is 186 g/mol.